The first-order valence-corrected chi connectivity index (χ1v) is 6.35. The molecule has 1 fully saturated rings. The van der Waals surface area contributed by atoms with E-state index in [1.165, 1.54) is 0 Å². The van der Waals surface area contributed by atoms with E-state index in [4.69, 9.17) is 5.11 Å². The molecule has 2 N–H and O–H groups in total. The highest BCUT2D eigenvalue weighted by Gasteiger charge is 2.26. The smallest absolute Gasteiger partial charge is 0.303 e. The molecule has 0 aromatic carbocycles. The van der Waals surface area contributed by atoms with Crippen LogP contribution >= 0.6 is 0 Å². The van der Waals surface area contributed by atoms with Gasteiger partial charge in [-0.1, -0.05) is 0 Å². The maximum atomic E-state index is 11.9. The Hall–Kier alpha value is -1.78. The van der Waals surface area contributed by atoms with E-state index in [0.29, 0.717) is 31.1 Å². The predicted octanol–water partition coefficient (Wildman–Crippen LogP) is 1.81. The van der Waals surface area contributed by atoms with Gasteiger partial charge in [0.15, 0.2) is 0 Å². The van der Waals surface area contributed by atoms with Crippen molar-refractivity contribution in [3.8, 4) is 0 Å². The average molecular weight is 250 g/mol. The summed E-state index contributed by atoms with van der Waals surface area (Å²) < 4.78 is 2.02. The van der Waals surface area contributed by atoms with Gasteiger partial charge in [-0.25, -0.2) is 0 Å². The van der Waals surface area contributed by atoms with Gasteiger partial charge < -0.3 is 15.0 Å². The van der Waals surface area contributed by atoms with Gasteiger partial charge in [0, 0.05) is 25.2 Å². The zero-order valence-electron chi connectivity index (χ0n) is 10.3. The lowest BCUT2D eigenvalue weighted by Gasteiger charge is -2.08. The van der Waals surface area contributed by atoms with Crippen molar-refractivity contribution in [2.75, 3.05) is 6.54 Å². The lowest BCUT2D eigenvalue weighted by Crippen LogP contribution is -2.26. The van der Waals surface area contributed by atoms with Crippen molar-refractivity contribution in [2.24, 2.45) is 0 Å². The van der Waals surface area contributed by atoms with Crippen molar-refractivity contribution >= 4 is 11.9 Å². The molecule has 18 heavy (non-hydrogen) atoms. The molecule has 1 heterocycles. The lowest BCUT2D eigenvalue weighted by molar-refractivity contribution is -0.137. The minimum absolute atomic E-state index is 0.0674. The van der Waals surface area contributed by atoms with E-state index < -0.39 is 5.97 Å². The second kappa shape index (κ2) is 5.71. The van der Waals surface area contributed by atoms with E-state index >= 15 is 0 Å². The molecule has 0 saturated heterocycles. The molecule has 1 amide bonds. The molecule has 5 nitrogen and oxygen atoms in total. The van der Waals surface area contributed by atoms with E-state index in [9.17, 15) is 9.59 Å². The molecule has 5 heteroatoms. The predicted molar refractivity (Wildman–Crippen MR) is 66.5 cm³/mol. The molecular formula is C13H18N2O3. The largest absolute Gasteiger partial charge is 0.481 e. The molecule has 0 unspecified atom stereocenters. The number of carboxylic acids is 1. The van der Waals surface area contributed by atoms with Gasteiger partial charge in [-0.05, 0) is 37.8 Å². The zero-order valence-corrected chi connectivity index (χ0v) is 10.3. The van der Waals surface area contributed by atoms with Crippen molar-refractivity contribution < 1.29 is 14.7 Å². The monoisotopic (exact) mass is 250 g/mol. The summed E-state index contributed by atoms with van der Waals surface area (Å²) in [7, 11) is 0. The third kappa shape index (κ3) is 3.35. The highest BCUT2D eigenvalue weighted by molar-refractivity contribution is 5.92. The van der Waals surface area contributed by atoms with Crippen LogP contribution in [0.2, 0.25) is 0 Å². The molecule has 0 atom stereocenters. The standard InChI is InChI=1S/C13H18N2O3/c16-12(17)5-1-2-8-14-13(18)11-4-3-9-15(11)10-6-7-10/h3-4,9-10H,1-2,5-8H2,(H,14,18)(H,16,17). The van der Waals surface area contributed by atoms with E-state index in [1.54, 1.807) is 0 Å². The molecule has 98 valence electrons. The number of aromatic nitrogens is 1. The number of carboxylic acid groups (broad SMARTS) is 1. The van der Waals surface area contributed by atoms with Gasteiger partial charge in [0.25, 0.3) is 5.91 Å². The number of aliphatic carboxylic acids is 1. The van der Waals surface area contributed by atoms with E-state index in [-0.39, 0.29) is 12.3 Å². The van der Waals surface area contributed by atoms with Gasteiger partial charge in [0.2, 0.25) is 0 Å². The Labute approximate surface area is 106 Å². The van der Waals surface area contributed by atoms with Crippen molar-refractivity contribution in [3.05, 3.63) is 24.0 Å². The van der Waals surface area contributed by atoms with Crippen LogP contribution < -0.4 is 5.32 Å². The summed E-state index contributed by atoms with van der Waals surface area (Å²) in [6.45, 7) is 0.530. The molecule has 0 spiro atoms. The number of hydrogen-bond donors (Lipinski definition) is 2. The van der Waals surface area contributed by atoms with Crippen LogP contribution in [0.1, 0.15) is 48.6 Å². The Morgan fingerprint density at radius 2 is 2.17 bits per heavy atom. The molecule has 2 rings (SSSR count). The van der Waals surface area contributed by atoms with Crippen LogP contribution in [-0.2, 0) is 4.79 Å². The van der Waals surface area contributed by atoms with Crippen LogP contribution in [0.3, 0.4) is 0 Å². The van der Waals surface area contributed by atoms with Gasteiger partial charge in [-0.15, -0.1) is 0 Å². The van der Waals surface area contributed by atoms with Gasteiger partial charge >= 0.3 is 5.97 Å². The quantitative estimate of drug-likeness (QED) is 0.725. The molecule has 1 saturated carbocycles. The second-order valence-electron chi connectivity index (χ2n) is 4.64. The summed E-state index contributed by atoms with van der Waals surface area (Å²) in [4.78, 5) is 22.2. The Morgan fingerprint density at radius 3 is 2.83 bits per heavy atom. The van der Waals surface area contributed by atoms with Crippen molar-refractivity contribution in [1.29, 1.82) is 0 Å². The van der Waals surface area contributed by atoms with Crippen molar-refractivity contribution in [2.45, 2.75) is 38.1 Å². The highest BCUT2D eigenvalue weighted by Crippen LogP contribution is 2.35. The number of carbonyl (C=O) groups excluding carboxylic acids is 1. The Morgan fingerprint density at radius 1 is 1.39 bits per heavy atom. The maximum Gasteiger partial charge on any atom is 0.303 e. The summed E-state index contributed by atoms with van der Waals surface area (Å²) >= 11 is 0. The SMILES string of the molecule is O=C(O)CCCCNC(=O)c1cccn1C1CC1. The molecule has 1 aromatic rings. The van der Waals surface area contributed by atoms with Crippen molar-refractivity contribution in [3.63, 3.8) is 0 Å². The number of nitrogens with one attached hydrogen (secondary N) is 1. The van der Waals surface area contributed by atoms with Gasteiger partial charge in [-0.3, -0.25) is 9.59 Å². The van der Waals surface area contributed by atoms with Gasteiger partial charge in [0.05, 0.1) is 0 Å². The van der Waals surface area contributed by atoms with E-state index in [2.05, 4.69) is 5.32 Å². The Balaban J connectivity index is 1.74. The number of nitrogens with zero attached hydrogens (tertiary/aromatic N) is 1. The summed E-state index contributed by atoms with van der Waals surface area (Å²) in [5.41, 5.74) is 0.704. The van der Waals surface area contributed by atoms with Crippen LogP contribution in [0, 0.1) is 0 Å². The summed E-state index contributed by atoms with van der Waals surface area (Å²) in [5.74, 6) is -0.855. The summed E-state index contributed by atoms with van der Waals surface area (Å²) in [5, 5.41) is 11.3. The third-order valence-corrected chi connectivity index (χ3v) is 3.05. The fourth-order valence-electron chi connectivity index (χ4n) is 1.95. The van der Waals surface area contributed by atoms with Crippen LogP contribution in [0.25, 0.3) is 0 Å². The number of rotatable bonds is 7. The molecule has 1 aliphatic carbocycles. The molecular weight excluding hydrogens is 232 g/mol. The molecule has 0 aliphatic heterocycles. The summed E-state index contributed by atoms with van der Waals surface area (Å²) in [6, 6.07) is 4.20. The molecule has 1 aromatic heterocycles. The Kier molecular flexibility index (Phi) is 4.02. The number of carbonyl (C=O) groups is 2. The Bertz CT molecular complexity index is 435. The van der Waals surface area contributed by atoms with Crippen LogP contribution in [0.15, 0.2) is 18.3 Å². The number of amides is 1. The fraction of sp³-hybridized carbons (Fsp3) is 0.538. The first kappa shape index (κ1) is 12.7. The molecule has 1 aliphatic rings. The topological polar surface area (TPSA) is 71.3 Å². The van der Waals surface area contributed by atoms with E-state index in [1.807, 2.05) is 22.9 Å². The maximum absolute atomic E-state index is 11.9. The number of hydrogen-bond acceptors (Lipinski definition) is 2. The minimum atomic E-state index is -0.788. The van der Waals surface area contributed by atoms with Crippen LogP contribution in [-0.4, -0.2) is 28.1 Å². The molecule has 0 bridgehead atoms. The van der Waals surface area contributed by atoms with Crippen LogP contribution in [0.4, 0.5) is 0 Å². The summed E-state index contributed by atoms with van der Waals surface area (Å²) in [6.07, 6.45) is 5.69. The minimum Gasteiger partial charge on any atom is -0.481 e. The lowest BCUT2D eigenvalue weighted by atomic mass is 10.2. The fourth-order valence-corrected chi connectivity index (χ4v) is 1.95. The zero-order chi connectivity index (χ0) is 13.0. The van der Waals surface area contributed by atoms with E-state index in [0.717, 1.165) is 12.8 Å². The van der Waals surface area contributed by atoms with Gasteiger partial charge in [-0.2, -0.15) is 0 Å². The normalized spacial score (nSPS) is 14.4. The first-order chi connectivity index (χ1) is 8.68. The number of unbranched alkanes of at least 4 members (excludes halogenated alkanes) is 1. The highest BCUT2D eigenvalue weighted by atomic mass is 16.4. The second-order valence-corrected chi connectivity index (χ2v) is 4.64. The van der Waals surface area contributed by atoms with Crippen molar-refractivity contribution in [1.82, 2.24) is 9.88 Å². The molecule has 0 radical (unpaired) electrons. The first-order valence-electron chi connectivity index (χ1n) is 6.35. The third-order valence-electron chi connectivity index (χ3n) is 3.05. The van der Waals surface area contributed by atoms with Crippen LogP contribution in [0.5, 0.6) is 0 Å². The average Bonchev–Trinajstić information content (AvgIpc) is 3.05. The van der Waals surface area contributed by atoms with Gasteiger partial charge in [0.1, 0.15) is 5.69 Å².